The van der Waals surface area contributed by atoms with Crippen LogP contribution < -0.4 is 0 Å². The Morgan fingerprint density at radius 2 is 0.940 bits per heavy atom. The second kappa shape index (κ2) is 10.5. The lowest BCUT2D eigenvalue weighted by Crippen LogP contribution is -2.14. The van der Waals surface area contributed by atoms with Gasteiger partial charge in [0, 0.05) is 32.8 Å². The van der Waals surface area contributed by atoms with E-state index >= 15 is 0 Å². The SMILES string of the molecule is c1ccc(C2=NC(n3c4ccccc4c4cc(-c5ccc6c(c5)c5ccccc5n6-c5ccccc5)ccc43)N3C(c4ccccc4)N23)cc1. The van der Waals surface area contributed by atoms with Crippen molar-refractivity contribution in [1.82, 2.24) is 19.2 Å². The summed E-state index contributed by atoms with van der Waals surface area (Å²) < 4.78 is 4.80. The monoisotopic (exact) mass is 641 g/mol. The maximum absolute atomic E-state index is 5.41. The number of nitrogens with zero attached hydrogens (tertiary/aromatic N) is 5. The highest BCUT2D eigenvalue weighted by atomic mass is 15.9. The third kappa shape index (κ3) is 3.95. The lowest BCUT2D eigenvalue weighted by molar-refractivity contribution is 0.269. The first-order valence-corrected chi connectivity index (χ1v) is 17.2. The van der Waals surface area contributed by atoms with Crippen molar-refractivity contribution in [2.45, 2.75) is 12.5 Å². The molecule has 236 valence electrons. The smallest absolute Gasteiger partial charge is 0.204 e. The van der Waals surface area contributed by atoms with Gasteiger partial charge in [-0.05, 0) is 65.2 Å². The number of hydrogen-bond donors (Lipinski definition) is 0. The van der Waals surface area contributed by atoms with Crippen LogP contribution in [-0.4, -0.2) is 25.0 Å². The van der Waals surface area contributed by atoms with Crippen LogP contribution in [0.25, 0.3) is 60.4 Å². The highest BCUT2D eigenvalue weighted by molar-refractivity contribution is 6.12. The van der Waals surface area contributed by atoms with Gasteiger partial charge in [-0.25, -0.2) is 4.99 Å². The minimum atomic E-state index is -0.205. The zero-order valence-electron chi connectivity index (χ0n) is 27.1. The van der Waals surface area contributed by atoms with Crippen molar-refractivity contribution in [3.05, 3.63) is 187 Å². The Morgan fingerprint density at radius 3 is 1.66 bits per heavy atom. The second-order valence-electron chi connectivity index (χ2n) is 13.2. The first-order valence-electron chi connectivity index (χ1n) is 17.2. The van der Waals surface area contributed by atoms with Crippen LogP contribution >= 0.6 is 0 Å². The third-order valence-corrected chi connectivity index (χ3v) is 10.5. The number of benzene rings is 7. The molecule has 2 aliphatic heterocycles. The van der Waals surface area contributed by atoms with Crippen LogP contribution in [-0.2, 0) is 0 Å². The van der Waals surface area contributed by atoms with Crippen molar-refractivity contribution < 1.29 is 0 Å². The summed E-state index contributed by atoms with van der Waals surface area (Å²) in [6, 6.07) is 63.3. The highest BCUT2D eigenvalue weighted by Crippen LogP contribution is 2.54. The summed E-state index contributed by atoms with van der Waals surface area (Å²) in [5.74, 6) is 1.01. The van der Waals surface area contributed by atoms with Gasteiger partial charge in [0.1, 0.15) is 6.17 Å². The van der Waals surface area contributed by atoms with Crippen LogP contribution in [0.15, 0.2) is 181 Å². The van der Waals surface area contributed by atoms with Gasteiger partial charge in [-0.2, -0.15) is 0 Å². The van der Waals surface area contributed by atoms with E-state index in [-0.39, 0.29) is 12.5 Å². The van der Waals surface area contributed by atoms with Gasteiger partial charge in [0.2, 0.25) is 6.29 Å². The maximum atomic E-state index is 5.41. The van der Waals surface area contributed by atoms with E-state index in [0.29, 0.717) is 0 Å². The van der Waals surface area contributed by atoms with Gasteiger partial charge in [-0.3, -0.25) is 5.01 Å². The molecule has 11 rings (SSSR count). The normalized spacial score (nSPS) is 18.3. The van der Waals surface area contributed by atoms with Crippen LogP contribution in [0.2, 0.25) is 0 Å². The molecular formula is C45H31N5. The molecule has 4 heterocycles. The number of amidine groups is 1. The zero-order valence-corrected chi connectivity index (χ0v) is 27.1. The molecular weight excluding hydrogens is 611 g/mol. The van der Waals surface area contributed by atoms with Gasteiger partial charge in [-0.15, -0.1) is 5.01 Å². The predicted molar refractivity (Wildman–Crippen MR) is 204 cm³/mol. The molecule has 1 saturated heterocycles. The second-order valence-corrected chi connectivity index (χ2v) is 13.2. The van der Waals surface area contributed by atoms with Crippen molar-refractivity contribution >= 4 is 49.4 Å². The Balaban J connectivity index is 1.07. The lowest BCUT2D eigenvalue weighted by atomic mass is 10.0. The molecule has 5 nitrogen and oxygen atoms in total. The van der Waals surface area contributed by atoms with Crippen molar-refractivity contribution in [2.75, 3.05) is 0 Å². The van der Waals surface area contributed by atoms with Crippen LogP contribution in [0, 0.1) is 0 Å². The molecule has 9 aromatic rings. The summed E-state index contributed by atoms with van der Waals surface area (Å²) in [6.45, 7) is 0. The van der Waals surface area contributed by atoms with Crippen molar-refractivity contribution in [3.63, 3.8) is 0 Å². The van der Waals surface area contributed by atoms with E-state index in [1.165, 1.54) is 66.0 Å². The summed E-state index contributed by atoms with van der Waals surface area (Å²) in [4.78, 5) is 5.41. The predicted octanol–water partition coefficient (Wildman–Crippen LogP) is 10.7. The fourth-order valence-corrected chi connectivity index (χ4v) is 8.20. The average Bonchev–Trinajstić information content (AvgIpc) is 3.47. The van der Waals surface area contributed by atoms with Gasteiger partial charge in [0.15, 0.2) is 5.84 Å². The lowest BCUT2D eigenvalue weighted by Gasteiger charge is -2.16. The molecule has 0 saturated carbocycles. The molecule has 2 aliphatic rings. The molecule has 0 radical (unpaired) electrons. The summed E-state index contributed by atoms with van der Waals surface area (Å²) in [6.07, 6.45) is -0.0711. The number of fused-ring (bicyclic) bond motifs is 7. The van der Waals surface area contributed by atoms with E-state index in [9.17, 15) is 0 Å². The summed E-state index contributed by atoms with van der Waals surface area (Å²) in [7, 11) is 0. The topological polar surface area (TPSA) is 28.2 Å². The van der Waals surface area contributed by atoms with E-state index in [4.69, 9.17) is 4.99 Å². The molecule has 3 atom stereocenters. The molecule has 2 aromatic heterocycles. The number of hydrazine groups is 1. The van der Waals surface area contributed by atoms with E-state index in [1.54, 1.807) is 0 Å². The molecule has 50 heavy (non-hydrogen) atoms. The largest absolute Gasteiger partial charge is 0.309 e. The average molecular weight is 642 g/mol. The number of rotatable bonds is 5. The van der Waals surface area contributed by atoms with E-state index in [1.807, 2.05) is 0 Å². The molecule has 0 amide bonds. The van der Waals surface area contributed by atoms with Crippen LogP contribution in [0.3, 0.4) is 0 Å². The highest BCUT2D eigenvalue weighted by Gasteiger charge is 2.58. The van der Waals surface area contributed by atoms with Crippen molar-refractivity contribution in [3.8, 4) is 16.8 Å². The molecule has 1 fully saturated rings. The molecule has 0 bridgehead atoms. The third-order valence-electron chi connectivity index (χ3n) is 10.5. The van der Waals surface area contributed by atoms with Gasteiger partial charge in [0.05, 0.1) is 22.1 Å². The van der Waals surface area contributed by atoms with E-state index in [2.05, 4.69) is 195 Å². The summed E-state index contributed by atoms with van der Waals surface area (Å²) in [5, 5.41) is 9.75. The molecule has 7 aromatic carbocycles. The molecule has 5 heteroatoms. The standard InChI is InChI=1S/C45H31N5/c1-4-14-30(15-5-1)43-46-45(50-44(49(43)50)31-16-6-2-7-17-31)48-40-23-13-11-21-36(40)38-29-33(25-27-42(38)48)32-24-26-41-37(28-32)35-20-10-12-22-39(35)47(41)34-18-8-3-9-19-34/h1-29,44-45H. The fraction of sp³-hybridized carbons (Fsp3) is 0.0444. The molecule has 0 aliphatic carbocycles. The minimum Gasteiger partial charge on any atom is -0.309 e. The van der Waals surface area contributed by atoms with Crippen LogP contribution in [0.5, 0.6) is 0 Å². The maximum Gasteiger partial charge on any atom is 0.204 e. The van der Waals surface area contributed by atoms with Gasteiger partial charge in [-0.1, -0.05) is 127 Å². The number of para-hydroxylation sites is 3. The summed E-state index contributed by atoms with van der Waals surface area (Å²) >= 11 is 0. The quantitative estimate of drug-likeness (QED) is 0.175. The minimum absolute atomic E-state index is 0.133. The van der Waals surface area contributed by atoms with Gasteiger partial charge < -0.3 is 9.13 Å². The van der Waals surface area contributed by atoms with Crippen molar-refractivity contribution in [2.24, 2.45) is 4.99 Å². The van der Waals surface area contributed by atoms with E-state index in [0.717, 1.165) is 11.4 Å². The Hall–Kier alpha value is -6.43. The van der Waals surface area contributed by atoms with Gasteiger partial charge >= 0.3 is 0 Å². The van der Waals surface area contributed by atoms with Crippen molar-refractivity contribution in [1.29, 1.82) is 0 Å². The Kier molecular flexibility index (Phi) is 5.80. The first-order chi connectivity index (χ1) is 24.8. The number of hydrogen-bond acceptors (Lipinski definition) is 3. The fourth-order valence-electron chi connectivity index (χ4n) is 8.20. The molecule has 0 spiro atoms. The summed E-state index contributed by atoms with van der Waals surface area (Å²) in [5.41, 5.74) is 10.8. The molecule has 3 unspecified atom stereocenters. The number of aliphatic imine (C=N–C) groups is 1. The van der Waals surface area contributed by atoms with Gasteiger partial charge in [0.25, 0.3) is 0 Å². The zero-order chi connectivity index (χ0) is 32.8. The number of aromatic nitrogens is 2. The van der Waals surface area contributed by atoms with Crippen LogP contribution in [0.4, 0.5) is 0 Å². The Bertz CT molecular complexity index is 2780. The Morgan fingerprint density at radius 1 is 0.420 bits per heavy atom. The van der Waals surface area contributed by atoms with Crippen LogP contribution in [0.1, 0.15) is 23.6 Å². The Labute approximate surface area is 289 Å². The van der Waals surface area contributed by atoms with E-state index < -0.39 is 0 Å². The molecule has 0 N–H and O–H groups in total. The first kappa shape index (κ1) is 27.5.